The molecule has 0 aromatic heterocycles. The van der Waals surface area contributed by atoms with Crippen LogP contribution in [0, 0.1) is 0 Å². The van der Waals surface area contributed by atoms with Gasteiger partial charge in [-0.3, -0.25) is 4.79 Å². The molecule has 0 saturated carbocycles. The van der Waals surface area contributed by atoms with Crippen LogP contribution in [0.2, 0.25) is 0 Å². The highest BCUT2D eigenvalue weighted by Gasteiger charge is 2.13. The number of amides is 1. The minimum absolute atomic E-state index is 0.0273. The predicted octanol–water partition coefficient (Wildman–Crippen LogP) is 0.527. The van der Waals surface area contributed by atoms with Crippen LogP contribution in [-0.4, -0.2) is 38.3 Å². The summed E-state index contributed by atoms with van der Waals surface area (Å²) in [6, 6.07) is 0.485. The molecule has 1 aliphatic rings. The molecule has 0 aliphatic carbocycles. The molecule has 4 heteroatoms. The van der Waals surface area contributed by atoms with E-state index in [4.69, 9.17) is 4.74 Å². The fraction of sp³-hybridized carbons (Fsp3) is 0.900. The van der Waals surface area contributed by atoms with E-state index in [-0.39, 0.29) is 5.91 Å². The summed E-state index contributed by atoms with van der Waals surface area (Å²) in [6.45, 7) is 8.72. The van der Waals surface area contributed by atoms with Crippen LogP contribution >= 0.6 is 0 Å². The van der Waals surface area contributed by atoms with E-state index < -0.39 is 0 Å². The van der Waals surface area contributed by atoms with E-state index in [0.717, 1.165) is 26.2 Å². The van der Waals surface area contributed by atoms with Gasteiger partial charge < -0.3 is 15.4 Å². The molecule has 84 valence electrons. The number of hydrogen-bond donors (Lipinski definition) is 2. The van der Waals surface area contributed by atoms with Gasteiger partial charge in [-0.1, -0.05) is 13.8 Å². The van der Waals surface area contributed by atoms with E-state index in [0.29, 0.717) is 12.6 Å². The topological polar surface area (TPSA) is 50.4 Å². The summed E-state index contributed by atoms with van der Waals surface area (Å²) in [5.41, 5.74) is 0. The van der Waals surface area contributed by atoms with Crippen molar-refractivity contribution in [2.75, 3.05) is 26.3 Å². The largest absolute Gasteiger partial charge is 0.380 e. The van der Waals surface area contributed by atoms with Crippen molar-refractivity contribution in [1.82, 2.24) is 10.6 Å². The number of nitrogens with one attached hydrogen (secondary N) is 2. The first kappa shape index (κ1) is 13.4. The molecule has 1 unspecified atom stereocenters. The van der Waals surface area contributed by atoms with Crippen LogP contribution in [-0.2, 0) is 9.53 Å². The first-order valence-corrected chi connectivity index (χ1v) is 5.34. The van der Waals surface area contributed by atoms with Gasteiger partial charge in [0, 0.05) is 32.7 Å². The van der Waals surface area contributed by atoms with E-state index >= 15 is 0 Å². The Bertz CT molecular complexity index is 145. The summed E-state index contributed by atoms with van der Waals surface area (Å²) < 4.78 is 5.19. The van der Waals surface area contributed by atoms with Gasteiger partial charge in [-0.15, -0.1) is 0 Å². The zero-order valence-electron chi connectivity index (χ0n) is 9.43. The molecule has 1 heterocycles. The molecular formula is C10H22N2O2. The van der Waals surface area contributed by atoms with Crippen molar-refractivity contribution in [1.29, 1.82) is 0 Å². The number of hydrogen-bond acceptors (Lipinski definition) is 3. The minimum Gasteiger partial charge on any atom is -0.380 e. The Morgan fingerprint density at radius 1 is 1.43 bits per heavy atom. The number of ether oxygens (including phenoxy) is 1. The summed E-state index contributed by atoms with van der Waals surface area (Å²) >= 11 is 0. The Hall–Kier alpha value is -0.610. The molecular weight excluding hydrogens is 180 g/mol. The highest BCUT2D eigenvalue weighted by atomic mass is 16.5. The van der Waals surface area contributed by atoms with E-state index in [2.05, 4.69) is 10.6 Å². The summed E-state index contributed by atoms with van der Waals surface area (Å²) in [7, 11) is 0. The van der Waals surface area contributed by atoms with Crippen molar-refractivity contribution in [3.63, 3.8) is 0 Å². The van der Waals surface area contributed by atoms with E-state index in [1.165, 1.54) is 6.92 Å². The molecule has 14 heavy (non-hydrogen) atoms. The van der Waals surface area contributed by atoms with Crippen LogP contribution in [0.15, 0.2) is 0 Å². The highest BCUT2D eigenvalue weighted by Crippen LogP contribution is 2.01. The average molecular weight is 202 g/mol. The van der Waals surface area contributed by atoms with Gasteiger partial charge in [0.25, 0.3) is 0 Å². The Kier molecular flexibility index (Phi) is 8.57. The van der Waals surface area contributed by atoms with Gasteiger partial charge in [0.2, 0.25) is 5.91 Å². The van der Waals surface area contributed by atoms with Crippen LogP contribution in [0.4, 0.5) is 0 Å². The molecule has 0 bridgehead atoms. The molecule has 4 nitrogen and oxygen atoms in total. The number of carbonyl (C=O) groups is 1. The maximum atomic E-state index is 10.5. The standard InChI is InChI=1S/C8H16N2O2.C2H6/c1-7(11)9-3-4-10-8-2-5-12-6-8;1-2/h8,10H,2-6H2,1H3,(H,9,11);1-2H3. The molecule has 0 spiro atoms. The third-order valence-electron chi connectivity index (χ3n) is 1.86. The van der Waals surface area contributed by atoms with Crippen molar-refractivity contribution in [3.05, 3.63) is 0 Å². The normalized spacial score (nSPS) is 19.8. The summed E-state index contributed by atoms with van der Waals surface area (Å²) in [6.07, 6.45) is 1.08. The fourth-order valence-electron chi connectivity index (χ4n) is 1.21. The van der Waals surface area contributed by atoms with Crippen molar-refractivity contribution >= 4 is 5.91 Å². The lowest BCUT2D eigenvalue weighted by Gasteiger charge is -2.09. The van der Waals surface area contributed by atoms with E-state index in [1.54, 1.807) is 0 Å². The lowest BCUT2D eigenvalue weighted by molar-refractivity contribution is -0.118. The second-order valence-corrected chi connectivity index (χ2v) is 3.00. The molecule has 1 amide bonds. The lowest BCUT2D eigenvalue weighted by atomic mass is 10.2. The van der Waals surface area contributed by atoms with Crippen molar-refractivity contribution in [2.24, 2.45) is 0 Å². The van der Waals surface area contributed by atoms with E-state index in [9.17, 15) is 4.79 Å². The van der Waals surface area contributed by atoms with Gasteiger partial charge in [0.05, 0.1) is 6.61 Å². The highest BCUT2D eigenvalue weighted by molar-refractivity contribution is 5.72. The quantitative estimate of drug-likeness (QED) is 0.654. The van der Waals surface area contributed by atoms with Crippen molar-refractivity contribution in [2.45, 2.75) is 33.2 Å². The van der Waals surface area contributed by atoms with Crippen LogP contribution in [0.1, 0.15) is 27.2 Å². The first-order chi connectivity index (χ1) is 6.79. The monoisotopic (exact) mass is 202 g/mol. The molecule has 2 N–H and O–H groups in total. The third-order valence-corrected chi connectivity index (χ3v) is 1.86. The second-order valence-electron chi connectivity index (χ2n) is 3.00. The SMILES string of the molecule is CC.CC(=O)NCCNC1CCOC1. The van der Waals surface area contributed by atoms with Gasteiger partial charge in [0.15, 0.2) is 0 Å². The molecule has 1 aliphatic heterocycles. The van der Waals surface area contributed by atoms with Crippen LogP contribution < -0.4 is 10.6 Å². The molecule has 0 radical (unpaired) electrons. The lowest BCUT2D eigenvalue weighted by Crippen LogP contribution is -2.36. The molecule has 1 saturated heterocycles. The smallest absolute Gasteiger partial charge is 0.216 e. The second kappa shape index (κ2) is 8.97. The average Bonchev–Trinajstić information content (AvgIpc) is 2.68. The fourth-order valence-corrected chi connectivity index (χ4v) is 1.21. The molecule has 1 fully saturated rings. The molecule has 1 rings (SSSR count). The predicted molar refractivity (Wildman–Crippen MR) is 57.3 cm³/mol. The van der Waals surface area contributed by atoms with Crippen molar-refractivity contribution < 1.29 is 9.53 Å². The van der Waals surface area contributed by atoms with Crippen LogP contribution in [0.25, 0.3) is 0 Å². The number of rotatable bonds is 4. The summed E-state index contributed by atoms with van der Waals surface area (Å²) in [5, 5.41) is 6.02. The third kappa shape index (κ3) is 6.86. The van der Waals surface area contributed by atoms with Gasteiger partial charge in [-0.05, 0) is 6.42 Å². The van der Waals surface area contributed by atoms with Crippen molar-refractivity contribution in [3.8, 4) is 0 Å². The molecule has 1 atom stereocenters. The zero-order valence-corrected chi connectivity index (χ0v) is 9.43. The Morgan fingerprint density at radius 3 is 2.64 bits per heavy atom. The number of carbonyl (C=O) groups excluding carboxylic acids is 1. The Morgan fingerprint density at radius 2 is 2.14 bits per heavy atom. The van der Waals surface area contributed by atoms with Crippen LogP contribution in [0.3, 0.4) is 0 Å². The minimum atomic E-state index is 0.0273. The Labute approximate surface area is 86.4 Å². The maximum absolute atomic E-state index is 10.5. The molecule has 0 aromatic rings. The van der Waals surface area contributed by atoms with E-state index in [1.807, 2.05) is 13.8 Å². The summed E-state index contributed by atoms with van der Waals surface area (Å²) in [5.74, 6) is 0.0273. The van der Waals surface area contributed by atoms with Gasteiger partial charge in [0.1, 0.15) is 0 Å². The maximum Gasteiger partial charge on any atom is 0.216 e. The van der Waals surface area contributed by atoms with Gasteiger partial charge in [-0.25, -0.2) is 0 Å². The van der Waals surface area contributed by atoms with Gasteiger partial charge in [-0.2, -0.15) is 0 Å². The zero-order chi connectivity index (χ0) is 10.8. The van der Waals surface area contributed by atoms with Gasteiger partial charge >= 0.3 is 0 Å². The molecule has 0 aromatic carbocycles. The first-order valence-electron chi connectivity index (χ1n) is 5.34. The summed E-state index contributed by atoms with van der Waals surface area (Å²) in [4.78, 5) is 10.5. The Balaban J connectivity index is 0.000000791. The van der Waals surface area contributed by atoms with Crippen LogP contribution in [0.5, 0.6) is 0 Å².